The fourth-order valence-electron chi connectivity index (χ4n) is 7.67. The fourth-order valence-corrected chi connectivity index (χ4v) is 7.67. The molecule has 4 aromatic heterocycles. The zero-order valence-corrected chi connectivity index (χ0v) is 29.0. The molecule has 0 saturated carbocycles. The third-order valence-electron chi connectivity index (χ3n) is 9.45. The third kappa shape index (κ3) is 5.49. The van der Waals surface area contributed by atoms with E-state index in [-0.39, 0.29) is 5.56 Å². The number of aryl methyl sites for hydroxylation is 6. The average molecular weight is 655 g/mol. The van der Waals surface area contributed by atoms with Gasteiger partial charge in [-0.2, -0.15) is 0 Å². The maximum atomic E-state index is 12.9. The van der Waals surface area contributed by atoms with E-state index in [1.54, 1.807) is 6.07 Å². The highest BCUT2D eigenvalue weighted by Crippen LogP contribution is 2.38. The van der Waals surface area contributed by atoms with Crippen LogP contribution in [0.15, 0.2) is 84.9 Å². The van der Waals surface area contributed by atoms with E-state index in [4.69, 9.17) is 4.98 Å². The topological polar surface area (TPSA) is 97.6 Å². The van der Waals surface area contributed by atoms with Crippen LogP contribution in [0.25, 0.3) is 78.6 Å². The van der Waals surface area contributed by atoms with Crippen molar-refractivity contribution in [3.63, 3.8) is 0 Å². The number of hydrogen-bond acceptors (Lipinski definition) is 2. The van der Waals surface area contributed by atoms with Crippen LogP contribution in [0.2, 0.25) is 0 Å². The van der Waals surface area contributed by atoms with E-state index in [2.05, 4.69) is 135 Å². The molecule has 1 aliphatic heterocycles. The normalized spacial score (nSPS) is 11.9. The summed E-state index contributed by atoms with van der Waals surface area (Å²) >= 11 is 0. The molecule has 8 bridgehead atoms. The van der Waals surface area contributed by atoms with Crippen LogP contribution in [0.3, 0.4) is 0 Å². The Bertz CT molecular complexity index is 2640. The van der Waals surface area contributed by atoms with Crippen LogP contribution < -0.4 is 0 Å². The predicted octanol–water partition coefficient (Wildman–Crippen LogP) is 11.2. The van der Waals surface area contributed by atoms with Crippen LogP contribution in [0.5, 0.6) is 0 Å². The number of H-pyrrole nitrogens is 3. The van der Waals surface area contributed by atoms with Crippen molar-refractivity contribution in [3.05, 3.63) is 135 Å². The number of rotatable bonds is 4. The van der Waals surface area contributed by atoms with Gasteiger partial charge in [0.2, 0.25) is 0 Å². The summed E-state index contributed by atoms with van der Waals surface area (Å²) in [6.45, 7) is 12.6. The Morgan fingerprint density at radius 3 is 1.36 bits per heavy atom. The standard InChI is InChI=1S/C44H38N4O2/c1-23-13-24(2)17-29(16-23)40-34-8-7-33(45-34)39-22-32(44(49)50)43(48-39)42(31-20-27(5)15-28(6)21-31)38-12-11-37(47-38)41(36-10-9-35(40)46-36)30-18-25(3)14-26(4)19-30/h7-22,46-48H,1-6H3,(H,49,50). The summed E-state index contributed by atoms with van der Waals surface area (Å²) in [5.74, 6) is -1.01. The van der Waals surface area contributed by atoms with E-state index in [1.807, 2.05) is 12.2 Å². The minimum absolute atomic E-state index is 0.186. The second kappa shape index (κ2) is 11.8. The lowest BCUT2D eigenvalue weighted by Crippen LogP contribution is -1.95. The number of nitrogens with one attached hydrogen (secondary N) is 3. The van der Waals surface area contributed by atoms with Crippen molar-refractivity contribution in [2.75, 3.05) is 0 Å². The minimum atomic E-state index is -1.01. The van der Waals surface area contributed by atoms with Crippen LogP contribution in [-0.2, 0) is 0 Å². The van der Waals surface area contributed by atoms with Crippen molar-refractivity contribution in [2.24, 2.45) is 0 Å². The first-order valence-electron chi connectivity index (χ1n) is 16.9. The molecule has 246 valence electrons. The molecule has 5 heterocycles. The van der Waals surface area contributed by atoms with Crippen molar-refractivity contribution in [3.8, 4) is 33.4 Å². The van der Waals surface area contributed by atoms with Gasteiger partial charge in [-0.15, -0.1) is 0 Å². The fraction of sp³-hybridized carbons (Fsp3) is 0.136. The maximum absolute atomic E-state index is 12.9. The van der Waals surface area contributed by atoms with Crippen LogP contribution in [0.4, 0.5) is 0 Å². The molecule has 6 heteroatoms. The molecular weight excluding hydrogens is 617 g/mol. The number of nitrogens with zero attached hydrogens (tertiary/aromatic N) is 1. The second-order valence-electron chi connectivity index (χ2n) is 13.8. The second-order valence-corrected chi connectivity index (χ2v) is 13.8. The molecule has 0 spiro atoms. The summed E-state index contributed by atoms with van der Waals surface area (Å²) in [5.41, 5.74) is 19.2. The Hall–Kier alpha value is -6.14. The number of carboxylic acids is 1. The van der Waals surface area contributed by atoms with Crippen LogP contribution in [0.1, 0.15) is 55.1 Å². The quantitative estimate of drug-likeness (QED) is 0.152. The van der Waals surface area contributed by atoms with Crippen LogP contribution >= 0.6 is 0 Å². The molecule has 0 saturated heterocycles. The van der Waals surface area contributed by atoms with E-state index < -0.39 is 5.97 Å². The Kier molecular flexibility index (Phi) is 7.34. The molecule has 0 atom stereocenters. The van der Waals surface area contributed by atoms with Gasteiger partial charge in [-0.3, -0.25) is 0 Å². The molecule has 3 aromatic carbocycles. The molecule has 6 nitrogen and oxygen atoms in total. The van der Waals surface area contributed by atoms with Crippen molar-refractivity contribution in [1.29, 1.82) is 0 Å². The van der Waals surface area contributed by atoms with Gasteiger partial charge in [-0.05, 0) is 101 Å². The maximum Gasteiger partial charge on any atom is 0.337 e. The van der Waals surface area contributed by atoms with Crippen molar-refractivity contribution in [1.82, 2.24) is 19.9 Å². The molecule has 50 heavy (non-hydrogen) atoms. The van der Waals surface area contributed by atoms with Gasteiger partial charge in [0.05, 0.1) is 28.0 Å². The number of aromatic nitrogens is 4. The smallest absolute Gasteiger partial charge is 0.337 e. The summed E-state index contributed by atoms with van der Waals surface area (Å²) in [4.78, 5) is 29.2. The van der Waals surface area contributed by atoms with E-state index >= 15 is 0 Å². The van der Waals surface area contributed by atoms with Gasteiger partial charge in [-0.1, -0.05) is 88.0 Å². The average Bonchev–Trinajstić information content (AvgIpc) is 3.84. The van der Waals surface area contributed by atoms with Gasteiger partial charge in [0.25, 0.3) is 0 Å². The lowest BCUT2D eigenvalue weighted by Gasteiger charge is -2.08. The Morgan fingerprint density at radius 2 is 0.880 bits per heavy atom. The van der Waals surface area contributed by atoms with Gasteiger partial charge in [0.1, 0.15) is 0 Å². The summed E-state index contributed by atoms with van der Waals surface area (Å²) in [7, 11) is 0. The number of aromatic amines is 3. The van der Waals surface area contributed by atoms with Crippen molar-refractivity contribution in [2.45, 2.75) is 41.5 Å². The zero-order valence-electron chi connectivity index (χ0n) is 29.0. The highest BCUT2D eigenvalue weighted by Gasteiger charge is 2.20. The third-order valence-corrected chi connectivity index (χ3v) is 9.45. The number of benzene rings is 3. The Morgan fingerprint density at radius 1 is 0.480 bits per heavy atom. The molecule has 0 unspecified atom stereocenters. The molecular formula is C44H38N4O2. The van der Waals surface area contributed by atoms with Gasteiger partial charge >= 0.3 is 5.97 Å². The van der Waals surface area contributed by atoms with E-state index in [0.717, 1.165) is 83.4 Å². The van der Waals surface area contributed by atoms with Crippen LogP contribution in [0, 0.1) is 41.5 Å². The Balaban J connectivity index is 1.62. The first-order chi connectivity index (χ1) is 24.0. The van der Waals surface area contributed by atoms with Gasteiger partial charge < -0.3 is 20.1 Å². The Labute approximate surface area is 290 Å². The monoisotopic (exact) mass is 654 g/mol. The molecule has 4 N–H and O–H groups in total. The van der Waals surface area contributed by atoms with Crippen molar-refractivity contribution >= 4 is 51.2 Å². The molecule has 8 rings (SSSR count). The zero-order chi connectivity index (χ0) is 34.8. The first-order valence-corrected chi connectivity index (χ1v) is 16.9. The minimum Gasteiger partial charge on any atom is -0.478 e. The highest BCUT2D eigenvalue weighted by molar-refractivity contribution is 6.08. The number of carboxylic acid groups (broad SMARTS) is 1. The number of fused-ring (bicyclic) bond motifs is 9. The predicted molar refractivity (Wildman–Crippen MR) is 207 cm³/mol. The van der Waals surface area contributed by atoms with E-state index in [0.29, 0.717) is 16.7 Å². The lowest BCUT2D eigenvalue weighted by atomic mass is 9.99. The van der Waals surface area contributed by atoms with Crippen molar-refractivity contribution < 1.29 is 9.90 Å². The summed E-state index contributed by atoms with van der Waals surface area (Å²) in [6.07, 6.45) is 3.99. The SMILES string of the molecule is Cc1cc(C)cc(-c2c3nc(c4cc(C(=O)O)c([nH]4)c(-c4cc(C)cc(C)c4)c4ccc([nH]4)c(-c4cc(C)cc(C)c4)c4ccc2[nH]4)C=C3)c1. The van der Waals surface area contributed by atoms with Gasteiger partial charge in [0.15, 0.2) is 0 Å². The molecule has 0 radical (unpaired) electrons. The molecule has 7 aromatic rings. The van der Waals surface area contributed by atoms with E-state index in [1.165, 1.54) is 11.1 Å². The molecule has 0 aliphatic carbocycles. The summed E-state index contributed by atoms with van der Waals surface area (Å²) < 4.78 is 0. The van der Waals surface area contributed by atoms with Crippen LogP contribution in [-0.4, -0.2) is 31.0 Å². The summed E-state index contributed by atoms with van der Waals surface area (Å²) in [5, 5.41) is 10.6. The first kappa shape index (κ1) is 31.1. The largest absolute Gasteiger partial charge is 0.478 e. The molecule has 0 fully saturated rings. The number of carbonyl (C=O) groups is 1. The number of aromatic carboxylic acids is 1. The van der Waals surface area contributed by atoms with Gasteiger partial charge in [-0.25, -0.2) is 9.78 Å². The lowest BCUT2D eigenvalue weighted by molar-refractivity contribution is 0.0699. The van der Waals surface area contributed by atoms with Gasteiger partial charge in [0, 0.05) is 38.8 Å². The summed E-state index contributed by atoms with van der Waals surface area (Å²) in [6, 6.07) is 29.7. The highest BCUT2D eigenvalue weighted by atomic mass is 16.4. The number of hydrogen-bond donors (Lipinski definition) is 4. The van der Waals surface area contributed by atoms with E-state index in [9.17, 15) is 9.90 Å². The molecule has 0 amide bonds. The molecule has 1 aliphatic rings.